The second kappa shape index (κ2) is 9.67. The van der Waals surface area contributed by atoms with E-state index in [0.29, 0.717) is 43.5 Å². The summed E-state index contributed by atoms with van der Waals surface area (Å²) < 4.78 is 30.0. The third-order valence-corrected chi connectivity index (χ3v) is 7.33. The highest BCUT2D eigenvalue weighted by atomic mass is 19.1. The number of amides is 1. The van der Waals surface area contributed by atoms with Crippen molar-refractivity contribution in [3.05, 3.63) is 64.4 Å². The zero-order valence-electron chi connectivity index (χ0n) is 19.9. The summed E-state index contributed by atoms with van der Waals surface area (Å²) in [6.45, 7) is 2.82. The fourth-order valence-corrected chi connectivity index (χ4v) is 5.45. The fraction of sp³-hybridized carbons (Fsp3) is 0.407. The van der Waals surface area contributed by atoms with Gasteiger partial charge in [0.25, 0.3) is 0 Å². The van der Waals surface area contributed by atoms with E-state index >= 15 is 0 Å². The molecule has 3 aromatic rings. The van der Waals surface area contributed by atoms with E-state index in [2.05, 4.69) is 5.10 Å². The van der Waals surface area contributed by atoms with Crippen molar-refractivity contribution in [2.24, 2.45) is 11.8 Å². The maximum absolute atomic E-state index is 14.2. The quantitative estimate of drug-likeness (QED) is 0.510. The molecule has 2 fully saturated rings. The molecule has 9 heteroatoms. The third-order valence-electron chi connectivity index (χ3n) is 7.33. The second-order valence-corrected chi connectivity index (χ2v) is 9.63. The van der Waals surface area contributed by atoms with Crippen molar-refractivity contribution in [1.29, 1.82) is 10.5 Å². The smallest absolute Gasteiger partial charge is 0.249 e. The molecule has 0 unspecified atom stereocenters. The van der Waals surface area contributed by atoms with Crippen LogP contribution in [0.4, 0.5) is 8.78 Å². The van der Waals surface area contributed by atoms with E-state index in [9.17, 15) is 13.6 Å². The van der Waals surface area contributed by atoms with E-state index in [-0.39, 0.29) is 28.9 Å². The van der Waals surface area contributed by atoms with Gasteiger partial charge in [-0.2, -0.15) is 15.6 Å². The van der Waals surface area contributed by atoms with Crippen molar-refractivity contribution in [3.63, 3.8) is 0 Å². The van der Waals surface area contributed by atoms with Crippen molar-refractivity contribution in [2.45, 2.75) is 51.6 Å². The van der Waals surface area contributed by atoms with Crippen LogP contribution in [0.5, 0.6) is 0 Å². The van der Waals surface area contributed by atoms with E-state index < -0.39 is 17.7 Å². The summed E-state index contributed by atoms with van der Waals surface area (Å²) in [4.78, 5) is 19.0. The van der Waals surface area contributed by atoms with Crippen LogP contribution in [-0.2, 0) is 16.2 Å². The van der Waals surface area contributed by atoms with Crippen LogP contribution in [0.3, 0.4) is 0 Å². The number of nitriles is 2. The molecule has 1 atom stereocenters. The van der Waals surface area contributed by atoms with Crippen LogP contribution < -0.4 is 0 Å². The Morgan fingerprint density at radius 2 is 1.86 bits per heavy atom. The molecule has 1 aromatic heterocycles. The third kappa shape index (κ3) is 4.43. The van der Waals surface area contributed by atoms with Gasteiger partial charge in [-0.3, -0.25) is 14.3 Å². The molecule has 1 aliphatic carbocycles. The van der Waals surface area contributed by atoms with Crippen LogP contribution in [0.1, 0.15) is 60.5 Å². The average Bonchev–Trinajstić information content (AvgIpc) is 3.48. The molecule has 0 spiro atoms. The molecule has 1 aliphatic heterocycles. The van der Waals surface area contributed by atoms with Gasteiger partial charge in [-0.15, -0.1) is 0 Å². The molecular weight excluding hydrogens is 464 g/mol. The maximum atomic E-state index is 14.2. The predicted octanol–water partition coefficient (Wildman–Crippen LogP) is 5.08. The minimum atomic E-state index is -0.555. The Morgan fingerprint density at radius 3 is 2.58 bits per heavy atom. The van der Waals surface area contributed by atoms with Gasteiger partial charge in [-0.05, 0) is 68.4 Å². The summed E-state index contributed by atoms with van der Waals surface area (Å²) in [7, 11) is 0. The fourth-order valence-electron chi connectivity index (χ4n) is 5.45. The predicted molar refractivity (Wildman–Crippen MR) is 126 cm³/mol. The summed E-state index contributed by atoms with van der Waals surface area (Å²) in [6, 6.07) is 10.5. The molecule has 1 amide bonds. The topological polar surface area (TPSA) is 94.9 Å². The van der Waals surface area contributed by atoms with Crippen LogP contribution >= 0.6 is 0 Å². The Morgan fingerprint density at radius 1 is 1.08 bits per heavy atom. The number of aromatic nitrogens is 2. The van der Waals surface area contributed by atoms with Crippen LogP contribution in [0.2, 0.25) is 0 Å². The van der Waals surface area contributed by atoms with Crippen LogP contribution in [0.25, 0.3) is 10.9 Å². The molecule has 1 saturated heterocycles. The minimum absolute atomic E-state index is 0.00805. The molecule has 5 rings (SSSR count). The van der Waals surface area contributed by atoms with Crippen molar-refractivity contribution in [2.75, 3.05) is 6.61 Å². The first-order valence-corrected chi connectivity index (χ1v) is 12.1. The number of aryl methyl sites for hydroxylation is 1. The first-order valence-electron chi connectivity index (χ1n) is 12.1. The first kappa shape index (κ1) is 23.9. The summed E-state index contributed by atoms with van der Waals surface area (Å²) in [5, 5.41) is 25.0. The van der Waals surface area contributed by atoms with Gasteiger partial charge in [-0.1, -0.05) is 0 Å². The van der Waals surface area contributed by atoms with Gasteiger partial charge in [-0.25, -0.2) is 13.8 Å². The maximum Gasteiger partial charge on any atom is 0.249 e. The second-order valence-electron chi connectivity index (χ2n) is 9.63. The Balaban J connectivity index is 1.25. The van der Waals surface area contributed by atoms with E-state index in [4.69, 9.17) is 15.4 Å². The number of hydroxylamine groups is 2. The Hall–Kier alpha value is -3.82. The summed E-state index contributed by atoms with van der Waals surface area (Å²) in [5.74, 6) is -1.08. The molecule has 0 bridgehead atoms. The van der Waals surface area contributed by atoms with Gasteiger partial charge < -0.3 is 0 Å². The Kier molecular flexibility index (Phi) is 6.42. The number of hydrogen-bond donors (Lipinski definition) is 0. The number of halogens is 2. The number of carbonyl (C=O) groups excluding carboxylic acids is 1. The van der Waals surface area contributed by atoms with Crippen molar-refractivity contribution in [3.8, 4) is 12.1 Å². The Bertz CT molecular complexity index is 1410. The summed E-state index contributed by atoms with van der Waals surface area (Å²) in [5.41, 5.74) is 2.21. The lowest BCUT2D eigenvalue weighted by Gasteiger charge is -2.32. The minimum Gasteiger partial charge on any atom is -0.272 e. The number of carbonyl (C=O) groups is 1. The van der Waals surface area contributed by atoms with Crippen LogP contribution in [0, 0.1) is 53.1 Å². The van der Waals surface area contributed by atoms with Crippen molar-refractivity contribution >= 4 is 16.8 Å². The molecule has 2 heterocycles. The number of nitrogens with zero attached hydrogens (tertiary/aromatic N) is 5. The van der Waals surface area contributed by atoms with Crippen molar-refractivity contribution in [1.82, 2.24) is 14.8 Å². The number of fused-ring (bicyclic) bond motifs is 1. The molecule has 184 valence electrons. The highest BCUT2D eigenvalue weighted by molar-refractivity contribution is 5.83. The largest absolute Gasteiger partial charge is 0.272 e. The van der Waals surface area contributed by atoms with Gasteiger partial charge in [0.1, 0.15) is 17.7 Å². The molecule has 1 saturated carbocycles. The highest BCUT2D eigenvalue weighted by Gasteiger charge is 2.37. The van der Waals surface area contributed by atoms with Crippen LogP contribution in [0.15, 0.2) is 30.3 Å². The average molecular weight is 490 g/mol. The molecule has 0 radical (unpaired) electrons. The zero-order chi connectivity index (χ0) is 25.4. The lowest BCUT2D eigenvalue weighted by atomic mass is 9.81. The van der Waals surface area contributed by atoms with E-state index in [0.717, 1.165) is 23.9 Å². The first-order chi connectivity index (χ1) is 17.4. The van der Waals surface area contributed by atoms with Gasteiger partial charge in [0.2, 0.25) is 5.91 Å². The van der Waals surface area contributed by atoms with Gasteiger partial charge >= 0.3 is 0 Å². The lowest BCUT2D eigenvalue weighted by Crippen LogP contribution is -2.37. The molecule has 2 aliphatic rings. The van der Waals surface area contributed by atoms with Gasteiger partial charge in [0, 0.05) is 30.3 Å². The molecule has 36 heavy (non-hydrogen) atoms. The van der Waals surface area contributed by atoms with Crippen LogP contribution in [-0.4, -0.2) is 27.4 Å². The molecule has 0 N–H and O–H groups in total. The standard InChI is InChI=1S/C27H25F2N5O2/c1-16-23-11-21(14-31)24(29)12-26(23)33(32-16)15-17-2-4-19(5-3-17)27(35)34-25(6-7-36-34)20-8-18(13-30)9-22(28)10-20/h8-12,17,19,25H,2-7,15H2,1H3/t17-,19-,25-/m0/s1. The SMILES string of the molecule is Cc1nn(C[C@H]2CC[C@H](C(=O)N3OCC[C@H]3c3cc(F)cc(C#N)c3)CC2)c2cc(F)c(C#N)cc12. The zero-order valence-corrected chi connectivity index (χ0v) is 19.9. The summed E-state index contributed by atoms with van der Waals surface area (Å²) >= 11 is 0. The van der Waals surface area contributed by atoms with Gasteiger partial charge in [0.05, 0.1) is 41.1 Å². The van der Waals surface area contributed by atoms with Crippen molar-refractivity contribution < 1.29 is 18.4 Å². The molecule has 7 nitrogen and oxygen atoms in total. The lowest BCUT2D eigenvalue weighted by molar-refractivity contribution is -0.183. The number of benzene rings is 2. The van der Waals surface area contributed by atoms with E-state index in [1.54, 1.807) is 16.8 Å². The number of rotatable bonds is 4. The van der Waals surface area contributed by atoms with E-state index in [1.807, 2.05) is 19.1 Å². The highest BCUT2D eigenvalue weighted by Crippen LogP contribution is 2.37. The van der Waals surface area contributed by atoms with Gasteiger partial charge in [0.15, 0.2) is 0 Å². The monoisotopic (exact) mass is 489 g/mol. The van der Waals surface area contributed by atoms with E-state index in [1.165, 1.54) is 23.3 Å². The normalized spacial score (nSPS) is 21.9. The Labute approximate surface area is 207 Å². The summed E-state index contributed by atoms with van der Waals surface area (Å²) in [6.07, 6.45) is 3.55. The number of hydrogen-bond acceptors (Lipinski definition) is 5. The molecular formula is C27H25F2N5O2. The molecule has 2 aromatic carbocycles.